The molecule has 1 aromatic rings. The maximum atomic E-state index is 11.6. The van der Waals surface area contributed by atoms with Gasteiger partial charge in [0.25, 0.3) is 5.56 Å². The van der Waals surface area contributed by atoms with Crippen molar-refractivity contribution in [3.05, 3.63) is 33.1 Å². The van der Waals surface area contributed by atoms with Crippen LogP contribution in [0.2, 0.25) is 0 Å². The molecule has 7 nitrogen and oxygen atoms in total. The molecule has 19 heavy (non-hydrogen) atoms. The van der Waals surface area contributed by atoms with Gasteiger partial charge in [-0.25, -0.2) is 4.79 Å². The summed E-state index contributed by atoms with van der Waals surface area (Å²) < 4.78 is 1.21. The van der Waals surface area contributed by atoms with E-state index in [1.165, 1.54) is 16.8 Å². The second kappa shape index (κ2) is 5.28. The number of aliphatic hydroxyl groups is 2. The topological polar surface area (TPSA) is 107 Å². The van der Waals surface area contributed by atoms with Gasteiger partial charge in [-0.3, -0.25) is 14.3 Å². The molecule has 0 bridgehead atoms. The highest BCUT2D eigenvalue weighted by Gasteiger charge is 2.41. The first kappa shape index (κ1) is 14.0. The van der Waals surface area contributed by atoms with Crippen molar-refractivity contribution < 1.29 is 10.2 Å². The minimum atomic E-state index is -1.34. The van der Waals surface area contributed by atoms with E-state index in [0.29, 0.717) is 12.8 Å². The first-order valence-corrected chi connectivity index (χ1v) is 6.32. The van der Waals surface area contributed by atoms with Gasteiger partial charge < -0.3 is 15.5 Å². The number of nitrogens with one attached hydrogen (secondary N) is 2. The van der Waals surface area contributed by atoms with E-state index in [-0.39, 0.29) is 12.6 Å². The van der Waals surface area contributed by atoms with Crippen molar-refractivity contribution in [2.45, 2.75) is 43.6 Å². The summed E-state index contributed by atoms with van der Waals surface area (Å²) in [7, 11) is 1.81. The minimum absolute atomic E-state index is 0.0276. The molecule has 1 heterocycles. The molecule has 0 saturated heterocycles. The summed E-state index contributed by atoms with van der Waals surface area (Å²) in [6, 6.07) is 1.39. The lowest BCUT2D eigenvalue weighted by Crippen LogP contribution is -2.54. The van der Waals surface area contributed by atoms with Gasteiger partial charge in [-0.1, -0.05) is 0 Å². The Kier molecular flexibility index (Phi) is 3.88. The normalized spacial score (nSPS) is 31.3. The lowest BCUT2D eigenvalue weighted by Gasteiger charge is -2.40. The number of rotatable bonds is 3. The highest BCUT2D eigenvalue weighted by atomic mass is 16.3. The molecule has 1 saturated carbocycles. The maximum absolute atomic E-state index is 11.6. The Hall–Kier alpha value is -1.44. The molecule has 1 aliphatic carbocycles. The number of hydrogen-bond acceptors (Lipinski definition) is 5. The van der Waals surface area contributed by atoms with Gasteiger partial charge >= 0.3 is 5.69 Å². The fourth-order valence-electron chi connectivity index (χ4n) is 2.51. The number of nitrogens with zero attached hydrogens (tertiary/aromatic N) is 1. The molecular formula is C12H19N3O4. The Balaban J connectivity index is 2.17. The molecule has 0 aliphatic heterocycles. The Morgan fingerprint density at radius 3 is 2.89 bits per heavy atom. The molecule has 1 fully saturated rings. The molecule has 4 N–H and O–H groups in total. The fourth-order valence-corrected chi connectivity index (χ4v) is 2.51. The van der Waals surface area contributed by atoms with Crippen molar-refractivity contribution in [2.75, 3.05) is 7.05 Å². The number of aromatic nitrogens is 2. The van der Waals surface area contributed by atoms with Crippen molar-refractivity contribution in [1.82, 2.24) is 14.9 Å². The van der Waals surface area contributed by atoms with Crippen LogP contribution in [0.15, 0.2) is 21.9 Å². The van der Waals surface area contributed by atoms with Gasteiger partial charge in [0.15, 0.2) is 0 Å². The van der Waals surface area contributed by atoms with Gasteiger partial charge in [-0.15, -0.1) is 0 Å². The van der Waals surface area contributed by atoms with Gasteiger partial charge in [-0.05, 0) is 26.3 Å². The van der Waals surface area contributed by atoms with E-state index in [1.807, 2.05) is 7.05 Å². The van der Waals surface area contributed by atoms with Gasteiger partial charge in [-0.2, -0.15) is 0 Å². The van der Waals surface area contributed by atoms with E-state index in [2.05, 4.69) is 10.3 Å². The Morgan fingerprint density at radius 2 is 2.32 bits per heavy atom. The van der Waals surface area contributed by atoms with Crippen LogP contribution < -0.4 is 16.6 Å². The van der Waals surface area contributed by atoms with Crippen LogP contribution >= 0.6 is 0 Å². The summed E-state index contributed by atoms with van der Waals surface area (Å²) in [5.41, 5.74) is -2.40. The van der Waals surface area contributed by atoms with Crippen LogP contribution in [-0.4, -0.2) is 44.6 Å². The van der Waals surface area contributed by atoms with E-state index in [0.717, 1.165) is 6.42 Å². The molecule has 0 unspecified atom stereocenters. The lowest BCUT2D eigenvalue weighted by atomic mass is 9.79. The second-order valence-electron chi connectivity index (χ2n) is 5.12. The first-order valence-electron chi connectivity index (χ1n) is 6.32. The van der Waals surface area contributed by atoms with Crippen molar-refractivity contribution in [3.63, 3.8) is 0 Å². The third-order valence-electron chi connectivity index (χ3n) is 3.80. The maximum Gasteiger partial charge on any atom is 0.328 e. The molecule has 2 rings (SSSR count). The van der Waals surface area contributed by atoms with Crippen molar-refractivity contribution in [2.24, 2.45) is 0 Å². The van der Waals surface area contributed by atoms with Crippen LogP contribution in [0.25, 0.3) is 0 Å². The second-order valence-corrected chi connectivity index (χ2v) is 5.12. The summed E-state index contributed by atoms with van der Waals surface area (Å²) in [5.74, 6) is 0. The van der Waals surface area contributed by atoms with Crippen LogP contribution in [0, 0.1) is 0 Å². The third kappa shape index (κ3) is 2.94. The molecule has 0 aromatic carbocycles. The van der Waals surface area contributed by atoms with E-state index >= 15 is 0 Å². The van der Waals surface area contributed by atoms with Crippen molar-refractivity contribution >= 4 is 0 Å². The smallest absolute Gasteiger partial charge is 0.328 e. The van der Waals surface area contributed by atoms with E-state index < -0.39 is 23.0 Å². The summed E-state index contributed by atoms with van der Waals surface area (Å²) in [5, 5.41) is 23.6. The van der Waals surface area contributed by atoms with E-state index in [9.17, 15) is 19.8 Å². The van der Waals surface area contributed by atoms with E-state index in [4.69, 9.17) is 0 Å². The Bertz CT molecular complexity index is 552. The predicted octanol–water partition coefficient (Wildman–Crippen LogP) is -1.60. The Morgan fingerprint density at radius 1 is 1.58 bits per heavy atom. The van der Waals surface area contributed by atoms with Gasteiger partial charge in [0, 0.05) is 18.3 Å². The predicted molar refractivity (Wildman–Crippen MR) is 69.0 cm³/mol. The zero-order valence-electron chi connectivity index (χ0n) is 10.8. The van der Waals surface area contributed by atoms with Crippen LogP contribution in [0.3, 0.4) is 0 Å². The highest BCUT2D eigenvalue weighted by Crippen LogP contribution is 2.29. The Labute approximate surface area is 109 Å². The first-order chi connectivity index (χ1) is 8.94. The molecule has 0 radical (unpaired) electrons. The minimum Gasteiger partial charge on any atom is -0.390 e. The highest BCUT2D eigenvalue weighted by molar-refractivity contribution is 4.96. The molecule has 0 amide bonds. The summed E-state index contributed by atoms with van der Waals surface area (Å²) in [4.78, 5) is 24.7. The molecule has 3 atom stereocenters. The fraction of sp³-hybridized carbons (Fsp3) is 0.667. The third-order valence-corrected chi connectivity index (χ3v) is 3.80. The number of aliphatic hydroxyl groups excluding tert-OH is 1. The molecule has 1 aromatic heterocycles. The zero-order valence-corrected chi connectivity index (χ0v) is 10.8. The quantitative estimate of drug-likeness (QED) is 0.529. The molecule has 1 aliphatic rings. The summed E-state index contributed by atoms with van der Waals surface area (Å²) in [6.45, 7) is -0.0276. The standard InChI is InChI=1S/C12H19N3O4/c1-13-8-2-4-12(19,9(16)6-8)7-15-5-3-10(17)14-11(15)18/h3,5,8-9,13,16,19H,2,4,6-7H2,1H3,(H,14,17,18)/t8-,9+,12+/m0/s1. The van der Waals surface area contributed by atoms with Crippen LogP contribution in [0.1, 0.15) is 19.3 Å². The molecule has 0 spiro atoms. The SMILES string of the molecule is CN[C@H]1CC[C@@](O)(Cn2ccc(=O)[nH]c2=O)[C@H](O)C1. The van der Waals surface area contributed by atoms with Gasteiger partial charge in [0.05, 0.1) is 12.6 Å². The van der Waals surface area contributed by atoms with Crippen LogP contribution in [-0.2, 0) is 6.54 Å². The summed E-state index contributed by atoms with van der Waals surface area (Å²) in [6.07, 6.45) is 1.98. The zero-order chi connectivity index (χ0) is 14.0. The number of H-pyrrole nitrogens is 1. The van der Waals surface area contributed by atoms with E-state index in [1.54, 1.807) is 0 Å². The largest absolute Gasteiger partial charge is 0.390 e. The van der Waals surface area contributed by atoms with Crippen LogP contribution in [0.4, 0.5) is 0 Å². The summed E-state index contributed by atoms with van der Waals surface area (Å²) >= 11 is 0. The number of hydrogen-bond donors (Lipinski definition) is 4. The molecular weight excluding hydrogens is 250 g/mol. The van der Waals surface area contributed by atoms with Crippen molar-refractivity contribution in [3.8, 4) is 0 Å². The van der Waals surface area contributed by atoms with Gasteiger partial charge in [0.1, 0.15) is 5.60 Å². The van der Waals surface area contributed by atoms with Crippen molar-refractivity contribution in [1.29, 1.82) is 0 Å². The lowest BCUT2D eigenvalue weighted by molar-refractivity contribution is -0.115. The average Bonchev–Trinajstić information content (AvgIpc) is 2.37. The number of aromatic amines is 1. The van der Waals surface area contributed by atoms with Crippen LogP contribution in [0.5, 0.6) is 0 Å². The molecule has 7 heteroatoms. The van der Waals surface area contributed by atoms with Gasteiger partial charge in [0.2, 0.25) is 0 Å². The molecule has 106 valence electrons. The monoisotopic (exact) mass is 269 g/mol. The average molecular weight is 269 g/mol.